The molecule has 1 aliphatic carbocycles. The maximum atomic E-state index is 11.9. The highest BCUT2D eigenvalue weighted by Crippen LogP contribution is 2.41. The minimum absolute atomic E-state index is 0.0672. The zero-order valence-electron chi connectivity index (χ0n) is 10.1. The summed E-state index contributed by atoms with van der Waals surface area (Å²) in [4.78, 5) is 23.8. The topological polar surface area (TPSA) is 34.1 Å². The van der Waals surface area contributed by atoms with Crippen molar-refractivity contribution in [2.75, 3.05) is 0 Å². The second kappa shape index (κ2) is 4.21. The van der Waals surface area contributed by atoms with E-state index >= 15 is 0 Å². The zero-order valence-corrected chi connectivity index (χ0v) is 11.7. The van der Waals surface area contributed by atoms with E-state index in [-0.39, 0.29) is 22.7 Å². The normalized spacial score (nSPS) is 25.0. The number of carbonyl (C=O) groups is 2. The van der Waals surface area contributed by atoms with Gasteiger partial charge in [-0.1, -0.05) is 6.08 Å². The van der Waals surface area contributed by atoms with Gasteiger partial charge in [0.25, 0.3) is 0 Å². The highest BCUT2D eigenvalue weighted by Gasteiger charge is 2.37. The SMILES string of the molecule is CC(=O)C1=c2ccsc2=C(C(C)=O)C2C=CSC12. The molecular weight excluding hydrogens is 264 g/mol. The van der Waals surface area contributed by atoms with Crippen LogP contribution in [0.5, 0.6) is 0 Å². The number of hydrogen-bond donors (Lipinski definition) is 0. The van der Waals surface area contributed by atoms with E-state index < -0.39 is 0 Å². The Kier molecular flexibility index (Phi) is 2.79. The second-order valence-corrected chi connectivity index (χ2v) is 6.48. The van der Waals surface area contributed by atoms with Gasteiger partial charge in [-0.25, -0.2) is 0 Å². The smallest absolute Gasteiger partial charge is 0.157 e. The number of carbonyl (C=O) groups excluding carboxylic acids is 2. The fourth-order valence-corrected chi connectivity index (χ4v) is 5.02. The van der Waals surface area contributed by atoms with Crippen LogP contribution in [-0.2, 0) is 9.59 Å². The van der Waals surface area contributed by atoms with E-state index in [1.807, 2.05) is 16.9 Å². The van der Waals surface area contributed by atoms with Crippen molar-refractivity contribution < 1.29 is 9.59 Å². The van der Waals surface area contributed by atoms with Gasteiger partial charge < -0.3 is 0 Å². The standard InChI is InChI=1S/C14H12O2S2/c1-7(15)11-9-3-5-18-14(9)12(8(2)16)10-4-6-17-13(10)11/h3-6,9,14H,1-2H3. The summed E-state index contributed by atoms with van der Waals surface area (Å²) in [5.41, 5.74) is 1.74. The molecule has 0 N–H and O–H groups in total. The van der Waals surface area contributed by atoms with Crippen LogP contribution < -0.4 is 9.75 Å². The van der Waals surface area contributed by atoms with E-state index in [1.54, 1.807) is 36.9 Å². The molecule has 3 rings (SSSR count). The third-order valence-corrected chi connectivity index (χ3v) is 5.50. The minimum atomic E-state index is 0.0672. The van der Waals surface area contributed by atoms with Gasteiger partial charge in [0.1, 0.15) is 0 Å². The van der Waals surface area contributed by atoms with Crippen LogP contribution in [0.25, 0.3) is 11.1 Å². The number of fused-ring (bicyclic) bond motifs is 2. The lowest BCUT2D eigenvalue weighted by atomic mass is 9.84. The number of thiophene rings is 1. The van der Waals surface area contributed by atoms with Crippen LogP contribution in [0, 0.1) is 5.92 Å². The number of ketones is 2. The molecule has 0 bridgehead atoms. The fourth-order valence-electron chi connectivity index (χ4n) is 2.71. The molecule has 4 heteroatoms. The molecule has 2 unspecified atom stereocenters. The number of hydrogen-bond acceptors (Lipinski definition) is 4. The summed E-state index contributed by atoms with van der Waals surface area (Å²) in [6, 6.07) is 1.97. The van der Waals surface area contributed by atoms with Crippen molar-refractivity contribution in [2.24, 2.45) is 5.92 Å². The van der Waals surface area contributed by atoms with E-state index in [4.69, 9.17) is 0 Å². The summed E-state index contributed by atoms with van der Waals surface area (Å²) in [5, 5.41) is 5.03. The molecule has 92 valence electrons. The number of Topliss-reactive ketones (excluding diaryl/α,β-unsaturated/α-hetero) is 2. The molecule has 0 spiro atoms. The third-order valence-electron chi connectivity index (χ3n) is 3.41. The summed E-state index contributed by atoms with van der Waals surface area (Å²) < 4.78 is 0.987. The van der Waals surface area contributed by atoms with Crippen molar-refractivity contribution in [3.8, 4) is 0 Å². The minimum Gasteiger partial charge on any atom is -0.295 e. The molecule has 2 nitrogen and oxygen atoms in total. The Labute approximate surface area is 113 Å². The first-order valence-corrected chi connectivity index (χ1v) is 7.59. The van der Waals surface area contributed by atoms with Gasteiger partial charge in [-0.2, -0.15) is 0 Å². The predicted octanol–water partition coefficient (Wildman–Crippen LogP) is 1.49. The van der Waals surface area contributed by atoms with Gasteiger partial charge in [-0.3, -0.25) is 9.59 Å². The lowest BCUT2D eigenvalue weighted by Gasteiger charge is -2.24. The molecule has 1 aliphatic heterocycles. The molecule has 2 atom stereocenters. The van der Waals surface area contributed by atoms with Crippen molar-refractivity contribution >= 4 is 45.8 Å². The third kappa shape index (κ3) is 1.56. The molecule has 0 fully saturated rings. The predicted molar refractivity (Wildman–Crippen MR) is 75.8 cm³/mol. The molecule has 0 amide bonds. The Hall–Kier alpha value is -1.13. The summed E-state index contributed by atoms with van der Waals surface area (Å²) in [5.74, 6) is 0.296. The quantitative estimate of drug-likeness (QED) is 0.820. The van der Waals surface area contributed by atoms with E-state index in [0.717, 1.165) is 20.9 Å². The van der Waals surface area contributed by atoms with Crippen molar-refractivity contribution in [1.82, 2.24) is 0 Å². The first kappa shape index (κ1) is 11.9. The van der Waals surface area contributed by atoms with Crippen molar-refractivity contribution in [3.63, 3.8) is 0 Å². The van der Waals surface area contributed by atoms with Crippen LogP contribution in [0.3, 0.4) is 0 Å². The fraction of sp³-hybridized carbons (Fsp3) is 0.286. The highest BCUT2D eigenvalue weighted by molar-refractivity contribution is 8.03. The summed E-state index contributed by atoms with van der Waals surface area (Å²) >= 11 is 3.20. The van der Waals surface area contributed by atoms with Crippen LogP contribution in [0.2, 0.25) is 0 Å². The van der Waals surface area contributed by atoms with Gasteiger partial charge in [0.15, 0.2) is 11.6 Å². The molecular formula is C14H12O2S2. The molecule has 2 aliphatic rings. The Morgan fingerprint density at radius 3 is 2.56 bits per heavy atom. The average Bonchev–Trinajstić information content (AvgIpc) is 2.91. The van der Waals surface area contributed by atoms with Crippen LogP contribution in [0.4, 0.5) is 0 Å². The van der Waals surface area contributed by atoms with Gasteiger partial charge in [0.2, 0.25) is 0 Å². The Balaban J connectivity index is 2.46. The van der Waals surface area contributed by atoms with Gasteiger partial charge in [0, 0.05) is 32.1 Å². The molecule has 0 saturated carbocycles. The van der Waals surface area contributed by atoms with Crippen molar-refractivity contribution in [1.29, 1.82) is 0 Å². The Bertz CT molecular complexity index is 694. The van der Waals surface area contributed by atoms with Crippen molar-refractivity contribution in [2.45, 2.75) is 19.1 Å². The molecule has 1 aromatic rings. The molecule has 2 heterocycles. The Morgan fingerprint density at radius 2 is 1.89 bits per heavy atom. The van der Waals surface area contributed by atoms with Gasteiger partial charge in [-0.05, 0) is 30.7 Å². The number of allylic oxidation sites excluding steroid dienone is 1. The van der Waals surface area contributed by atoms with Crippen molar-refractivity contribution in [3.05, 3.63) is 32.7 Å². The molecule has 1 aromatic heterocycles. The zero-order chi connectivity index (χ0) is 12.9. The van der Waals surface area contributed by atoms with E-state index in [0.29, 0.717) is 0 Å². The summed E-state index contributed by atoms with van der Waals surface area (Å²) in [7, 11) is 0. The number of rotatable bonds is 2. The molecule has 0 radical (unpaired) electrons. The average molecular weight is 276 g/mol. The molecule has 18 heavy (non-hydrogen) atoms. The monoisotopic (exact) mass is 276 g/mol. The number of thioether (sulfide) groups is 1. The highest BCUT2D eigenvalue weighted by atomic mass is 32.2. The van der Waals surface area contributed by atoms with E-state index in [9.17, 15) is 9.59 Å². The largest absolute Gasteiger partial charge is 0.295 e. The lowest BCUT2D eigenvalue weighted by Crippen LogP contribution is -2.40. The summed E-state index contributed by atoms with van der Waals surface area (Å²) in [6.45, 7) is 3.23. The van der Waals surface area contributed by atoms with Gasteiger partial charge >= 0.3 is 0 Å². The van der Waals surface area contributed by atoms with Crippen LogP contribution >= 0.6 is 23.1 Å². The molecule has 0 saturated heterocycles. The maximum absolute atomic E-state index is 11.9. The van der Waals surface area contributed by atoms with Crippen LogP contribution in [0.15, 0.2) is 22.9 Å². The van der Waals surface area contributed by atoms with Gasteiger partial charge in [0.05, 0.1) is 0 Å². The summed E-state index contributed by atoms with van der Waals surface area (Å²) in [6.07, 6.45) is 2.05. The first-order chi connectivity index (χ1) is 8.61. The first-order valence-electron chi connectivity index (χ1n) is 5.77. The second-order valence-electron chi connectivity index (χ2n) is 4.51. The maximum Gasteiger partial charge on any atom is 0.157 e. The van der Waals surface area contributed by atoms with Gasteiger partial charge in [-0.15, -0.1) is 23.1 Å². The van der Waals surface area contributed by atoms with E-state index in [2.05, 4.69) is 6.08 Å². The molecule has 0 aromatic carbocycles. The van der Waals surface area contributed by atoms with Crippen LogP contribution in [0.1, 0.15) is 13.8 Å². The van der Waals surface area contributed by atoms with E-state index in [1.165, 1.54) is 0 Å². The van der Waals surface area contributed by atoms with Crippen LogP contribution in [-0.4, -0.2) is 16.8 Å². The lowest BCUT2D eigenvalue weighted by molar-refractivity contribution is -0.113. The Morgan fingerprint density at radius 1 is 1.17 bits per heavy atom.